The van der Waals surface area contributed by atoms with Crippen molar-refractivity contribution in [3.05, 3.63) is 13.5 Å². The van der Waals surface area contributed by atoms with Gasteiger partial charge in [-0.1, -0.05) is 0 Å². The van der Waals surface area contributed by atoms with E-state index in [-0.39, 0.29) is 42.9 Å². The van der Waals surface area contributed by atoms with Crippen molar-refractivity contribution in [3.8, 4) is 0 Å². The van der Waals surface area contributed by atoms with E-state index in [4.69, 9.17) is 0 Å². The van der Waals surface area contributed by atoms with Crippen molar-refractivity contribution < 1.29 is 0 Å². The second-order valence-electron chi connectivity index (χ2n) is 0.577. The molecule has 0 atom stereocenters. The minimum Gasteiger partial charge on any atom is -0.358 e. The maximum absolute atomic E-state index is 2.14. The summed E-state index contributed by atoms with van der Waals surface area (Å²) in [6.07, 6.45) is 0. The molecule has 0 aromatic heterocycles. The van der Waals surface area contributed by atoms with Crippen molar-refractivity contribution in [3.63, 3.8) is 0 Å². The molecule has 0 aliphatic heterocycles. The monoisotopic (exact) mass is 134 g/mol. The minimum atomic E-state index is 0. The first-order chi connectivity index (χ1) is 1.41. The predicted octanol–water partition coefficient (Wildman–Crippen LogP) is 0.0248. The first kappa shape index (κ1) is 26.7. The van der Waals surface area contributed by atoms with Gasteiger partial charge in [0, 0.05) is 0 Å². The van der Waals surface area contributed by atoms with Crippen molar-refractivity contribution in [1.82, 2.24) is 0 Å². The van der Waals surface area contributed by atoms with Crippen molar-refractivity contribution >= 4 is 45.7 Å². The van der Waals surface area contributed by atoms with E-state index in [1.54, 1.807) is 0 Å². The van der Waals surface area contributed by atoms with Crippen LogP contribution in [-0.4, -0.2) is 33.3 Å². The van der Waals surface area contributed by atoms with Gasteiger partial charge in [0.25, 0.3) is 0 Å². The van der Waals surface area contributed by atoms with Gasteiger partial charge in [0.05, 0.1) is 0 Å². The third-order valence-corrected chi connectivity index (χ3v) is 0. The average molecular weight is 135 g/mol. The van der Waals surface area contributed by atoms with Crippen LogP contribution in [0, 0.1) is 13.5 Å². The molecule has 0 aliphatic rings. The summed E-state index contributed by atoms with van der Waals surface area (Å²) in [7, 11) is 1.24. The van der Waals surface area contributed by atoms with Gasteiger partial charge in [-0.15, -0.1) is 22.6 Å². The normalized spacial score (nSPS) is 3.50. The van der Waals surface area contributed by atoms with E-state index in [2.05, 4.69) is 13.0 Å². The molecule has 3 heteroatoms. The van der Waals surface area contributed by atoms with Gasteiger partial charge in [-0.2, -0.15) is 6.92 Å². The first-order valence-electron chi connectivity index (χ1n) is 1.15. The fraction of sp³-hybridized carbons (Fsp3) is 0.333. The van der Waals surface area contributed by atoms with Gasteiger partial charge < -0.3 is 13.5 Å². The summed E-state index contributed by atoms with van der Waals surface area (Å²) in [5.41, 5.74) is 0. The minimum absolute atomic E-state index is 0. The number of halogens is 1. The third-order valence-electron chi connectivity index (χ3n) is 0. The van der Waals surface area contributed by atoms with Crippen LogP contribution >= 0.6 is 12.4 Å². The van der Waals surface area contributed by atoms with E-state index in [1.165, 1.54) is 10.2 Å². The Bertz CT molecular complexity index is 10.8. The standard InChI is InChI=1S/C2H7Si.CH3.ClH.Mg/c1-2-3;;;/h2H,1,3H3;1H3;1H;/q2*-1;;+2. The van der Waals surface area contributed by atoms with E-state index in [1.807, 2.05) is 0 Å². The summed E-state index contributed by atoms with van der Waals surface area (Å²) in [6.45, 7) is 2.06. The van der Waals surface area contributed by atoms with Gasteiger partial charge in [-0.3, -0.25) is 0 Å². The fourth-order valence-electron chi connectivity index (χ4n) is 0. The summed E-state index contributed by atoms with van der Waals surface area (Å²) in [5.74, 6) is 0. The van der Waals surface area contributed by atoms with Gasteiger partial charge >= 0.3 is 23.1 Å². The molecule has 0 aliphatic carbocycles. The van der Waals surface area contributed by atoms with Crippen LogP contribution in [0.15, 0.2) is 0 Å². The Kier molecular flexibility index (Phi) is 150. The summed E-state index contributed by atoms with van der Waals surface area (Å²) < 4.78 is 0. The summed E-state index contributed by atoms with van der Waals surface area (Å²) in [5, 5.41) is 0. The smallest absolute Gasteiger partial charge is 0.358 e. The second-order valence-corrected chi connectivity index (χ2v) is 1.73. The molecule has 0 saturated heterocycles. The predicted molar refractivity (Wildman–Crippen MR) is 39.3 cm³/mol. The van der Waals surface area contributed by atoms with Gasteiger partial charge in [0.1, 0.15) is 0 Å². The van der Waals surface area contributed by atoms with E-state index in [9.17, 15) is 0 Å². The molecule has 0 saturated carbocycles. The Morgan fingerprint density at radius 2 is 1.50 bits per heavy atom. The molecule has 0 bridgehead atoms. The van der Waals surface area contributed by atoms with E-state index >= 15 is 0 Å². The van der Waals surface area contributed by atoms with E-state index in [0.717, 1.165) is 0 Å². The van der Waals surface area contributed by atoms with Crippen LogP contribution in [0.2, 0.25) is 0 Å². The second kappa shape index (κ2) is 33.8. The van der Waals surface area contributed by atoms with Gasteiger partial charge in [-0.25, -0.2) is 0 Å². The SMILES string of the molecule is C[CH-][SiH3].Cl.[CH3-].[Mg+2]. The summed E-state index contributed by atoms with van der Waals surface area (Å²) in [6, 6.07) is 2.14. The van der Waals surface area contributed by atoms with Crippen molar-refractivity contribution in [1.29, 1.82) is 0 Å². The van der Waals surface area contributed by atoms with Crippen LogP contribution in [-0.2, 0) is 0 Å². The molecule has 6 heavy (non-hydrogen) atoms. The molecule has 0 aromatic rings. The molecular weight excluding hydrogens is 124 g/mol. The molecule has 0 N–H and O–H groups in total. The number of rotatable bonds is 0. The van der Waals surface area contributed by atoms with Crippen LogP contribution in [0.5, 0.6) is 0 Å². The number of hydrogen-bond acceptors (Lipinski definition) is 0. The number of hydrogen-bond donors (Lipinski definition) is 0. The molecule has 0 amide bonds. The average Bonchev–Trinajstić information content (AvgIpc) is 0.918. The van der Waals surface area contributed by atoms with E-state index in [0.29, 0.717) is 0 Å². The molecule has 36 valence electrons. The Balaban J connectivity index is -0.00000000667. The zero-order chi connectivity index (χ0) is 2.71. The fourth-order valence-corrected chi connectivity index (χ4v) is 0. The van der Waals surface area contributed by atoms with Crippen molar-refractivity contribution in [2.75, 3.05) is 0 Å². The van der Waals surface area contributed by atoms with Crippen molar-refractivity contribution in [2.45, 2.75) is 6.92 Å². The Hall–Kier alpha value is 1.27. The van der Waals surface area contributed by atoms with E-state index < -0.39 is 0 Å². The summed E-state index contributed by atoms with van der Waals surface area (Å²) in [4.78, 5) is 0. The summed E-state index contributed by atoms with van der Waals surface area (Å²) >= 11 is 0. The molecule has 0 fully saturated rings. The molecule has 0 nitrogen and oxygen atoms in total. The largest absolute Gasteiger partial charge is 2.00 e. The first-order valence-corrected chi connectivity index (χ1v) is 2.31. The van der Waals surface area contributed by atoms with Crippen LogP contribution in [0.3, 0.4) is 0 Å². The third kappa shape index (κ3) is 59.4. The van der Waals surface area contributed by atoms with Gasteiger partial charge in [0.15, 0.2) is 0 Å². The Labute approximate surface area is 66.1 Å². The molecule has 0 rings (SSSR count). The molecule has 0 radical (unpaired) electrons. The topological polar surface area (TPSA) is 0 Å². The van der Waals surface area contributed by atoms with Crippen LogP contribution < -0.4 is 0 Å². The van der Waals surface area contributed by atoms with Crippen LogP contribution in [0.1, 0.15) is 6.92 Å². The van der Waals surface area contributed by atoms with Gasteiger partial charge in [-0.05, 0) is 0 Å². The van der Waals surface area contributed by atoms with Crippen LogP contribution in [0.4, 0.5) is 0 Å². The zero-order valence-corrected chi connectivity index (χ0v) is 8.92. The Morgan fingerprint density at radius 3 is 1.50 bits per heavy atom. The molecule has 0 heterocycles. The molecule has 0 aromatic carbocycles. The van der Waals surface area contributed by atoms with Gasteiger partial charge in [0.2, 0.25) is 0 Å². The molecule has 0 spiro atoms. The Morgan fingerprint density at radius 1 is 1.50 bits per heavy atom. The quantitative estimate of drug-likeness (QED) is 0.324. The van der Waals surface area contributed by atoms with Crippen molar-refractivity contribution in [2.24, 2.45) is 0 Å². The maximum atomic E-state index is 2.14. The molecule has 0 unspecified atom stereocenters. The zero-order valence-electron chi connectivity index (χ0n) is 4.69. The maximum Gasteiger partial charge on any atom is 2.00 e. The van der Waals surface area contributed by atoms with Crippen LogP contribution in [0.25, 0.3) is 0 Å². The molecular formula is C3H11ClMgSi.